The Morgan fingerprint density at radius 2 is 1.04 bits per heavy atom. The molecule has 0 nitrogen and oxygen atoms in total. The number of fused-ring (bicyclic) bond motifs is 3. The van der Waals surface area contributed by atoms with Gasteiger partial charge in [-0.3, -0.25) is 0 Å². The molecule has 0 amide bonds. The van der Waals surface area contributed by atoms with Crippen molar-refractivity contribution in [2.24, 2.45) is 5.92 Å². The summed E-state index contributed by atoms with van der Waals surface area (Å²) < 4.78 is 0. The van der Waals surface area contributed by atoms with Gasteiger partial charge in [-0.2, -0.15) is 0 Å². The third-order valence-electron chi connectivity index (χ3n) is 6.15. The zero-order valence-corrected chi connectivity index (χ0v) is 15.3. The first-order valence-electron chi connectivity index (χ1n) is 9.82. The predicted octanol–water partition coefficient (Wildman–Crippen LogP) is 6.33. The van der Waals surface area contributed by atoms with Crippen LogP contribution in [-0.2, 0) is 19.3 Å². The molecule has 26 heavy (non-hydrogen) atoms. The first-order chi connectivity index (χ1) is 12.8. The fourth-order valence-electron chi connectivity index (χ4n) is 4.83. The third-order valence-corrected chi connectivity index (χ3v) is 6.15. The Morgan fingerprint density at radius 1 is 0.577 bits per heavy atom. The van der Waals surface area contributed by atoms with Crippen LogP contribution in [0.25, 0.3) is 11.1 Å². The van der Waals surface area contributed by atoms with Crippen molar-refractivity contribution < 1.29 is 0 Å². The second-order valence-corrected chi connectivity index (χ2v) is 7.70. The van der Waals surface area contributed by atoms with E-state index in [2.05, 4.69) is 79.7 Å². The van der Waals surface area contributed by atoms with Crippen LogP contribution >= 0.6 is 0 Å². The summed E-state index contributed by atoms with van der Waals surface area (Å²) >= 11 is 0. The molecule has 2 aliphatic rings. The highest BCUT2D eigenvalue weighted by Gasteiger charge is 2.27. The molecule has 0 aromatic heterocycles. The maximum absolute atomic E-state index is 2.41. The summed E-state index contributed by atoms with van der Waals surface area (Å²) in [5.74, 6) is 0.583. The molecule has 0 unspecified atom stereocenters. The first kappa shape index (κ1) is 15.6. The second-order valence-electron chi connectivity index (χ2n) is 7.70. The van der Waals surface area contributed by atoms with Crippen LogP contribution in [-0.4, -0.2) is 0 Å². The molecule has 3 aromatic rings. The Balaban J connectivity index is 1.91. The number of hydrogen-bond acceptors (Lipinski definition) is 0. The van der Waals surface area contributed by atoms with Gasteiger partial charge in [0.1, 0.15) is 0 Å². The van der Waals surface area contributed by atoms with Crippen molar-refractivity contribution in [3.05, 3.63) is 106 Å². The fraction of sp³-hybridized carbons (Fsp3) is 0.231. The molecule has 0 heterocycles. The van der Waals surface area contributed by atoms with Crippen molar-refractivity contribution in [3.8, 4) is 0 Å². The molecule has 0 spiro atoms. The molecule has 128 valence electrons. The number of hydrogen-bond donors (Lipinski definition) is 0. The molecule has 0 fully saturated rings. The van der Waals surface area contributed by atoms with Crippen molar-refractivity contribution >= 4 is 11.1 Å². The molecule has 5 rings (SSSR count). The monoisotopic (exact) mass is 336 g/mol. The number of allylic oxidation sites excluding steroid dienone is 1. The van der Waals surface area contributed by atoms with Crippen molar-refractivity contribution in [3.63, 3.8) is 0 Å². The maximum Gasteiger partial charge on any atom is -0.00650 e. The summed E-state index contributed by atoms with van der Waals surface area (Å²) in [5.41, 5.74) is 11.9. The van der Waals surface area contributed by atoms with Crippen LogP contribution in [0.4, 0.5) is 0 Å². The zero-order valence-electron chi connectivity index (χ0n) is 15.3. The molecule has 0 aliphatic heterocycles. The molecule has 2 aliphatic carbocycles. The zero-order chi connectivity index (χ0) is 17.5. The highest BCUT2D eigenvalue weighted by atomic mass is 14.3. The first-order valence-corrected chi connectivity index (χ1v) is 9.82. The number of benzene rings is 3. The van der Waals surface area contributed by atoms with Crippen LogP contribution in [0, 0.1) is 5.92 Å². The van der Waals surface area contributed by atoms with Crippen molar-refractivity contribution in [2.75, 3.05) is 0 Å². The van der Waals surface area contributed by atoms with E-state index >= 15 is 0 Å². The summed E-state index contributed by atoms with van der Waals surface area (Å²) in [4.78, 5) is 0. The number of aryl methyl sites for hydroxylation is 3. The minimum Gasteiger partial charge on any atom is -0.0620 e. The topological polar surface area (TPSA) is 0 Å². The SMILES string of the molecule is C[C@H]1CCc2ccccc2C1=C1c2ccccc2CCc2ccccc21. The Bertz CT molecular complexity index is 956. The van der Waals surface area contributed by atoms with Crippen LogP contribution < -0.4 is 0 Å². The van der Waals surface area contributed by atoms with E-state index in [4.69, 9.17) is 0 Å². The minimum atomic E-state index is 0.583. The van der Waals surface area contributed by atoms with E-state index < -0.39 is 0 Å². The molecular formula is C26H24. The second kappa shape index (κ2) is 6.29. The lowest BCUT2D eigenvalue weighted by atomic mass is 9.75. The van der Waals surface area contributed by atoms with Gasteiger partial charge in [-0.1, -0.05) is 79.7 Å². The van der Waals surface area contributed by atoms with Gasteiger partial charge in [0.15, 0.2) is 0 Å². The van der Waals surface area contributed by atoms with Gasteiger partial charge in [0.05, 0.1) is 0 Å². The molecule has 3 aromatic carbocycles. The van der Waals surface area contributed by atoms with Gasteiger partial charge >= 0.3 is 0 Å². The molecular weight excluding hydrogens is 312 g/mol. The molecule has 0 radical (unpaired) electrons. The molecule has 0 saturated heterocycles. The molecule has 0 heteroatoms. The van der Waals surface area contributed by atoms with Gasteiger partial charge in [-0.15, -0.1) is 0 Å². The van der Waals surface area contributed by atoms with Gasteiger partial charge in [0, 0.05) is 0 Å². The van der Waals surface area contributed by atoms with E-state index in [1.807, 2.05) is 0 Å². The van der Waals surface area contributed by atoms with E-state index in [1.165, 1.54) is 51.8 Å². The summed E-state index contributed by atoms with van der Waals surface area (Å²) in [6.45, 7) is 2.41. The van der Waals surface area contributed by atoms with E-state index in [-0.39, 0.29) is 0 Å². The molecule has 1 atom stereocenters. The van der Waals surface area contributed by atoms with Crippen LogP contribution in [0.15, 0.2) is 72.8 Å². The molecule has 0 saturated carbocycles. The molecule has 0 bridgehead atoms. The molecule has 0 N–H and O–H groups in total. The largest absolute Gasteiger partial charge is 0.0620 e. The lowest BCUT2D eigenvalue weighted by Crippen LogP contribution is -2.13. The summed E-state index contributed by atoms with van der Waals surface area (Å²) in [6.07, 6.45) is 4.68. The lowest BCUT2D eigenvalue weighted by molar-refractivity contribution is 0.643. The van der Waals surface area contributed by atoms with E-state index in [9.17, 15) is 0 Å². The average molecular weight is 336 g/mol. The Labute approximate surface area is 156 Å². The van der Waals surface area contributed by atoms with Crippen molar-refractivity contribution in [1.82, 2.24) is 0 Å². The summed E-state index contributed by atoms with van der Waals surface area (Å²) in [7, 11) is 0. The Kier molecular flexibility index (Phi) is 3.78. The highest BCUT2D eigenvalue weighted by molar-refractivity contribution is 6.02. The average Bonchev–Trinajstić information content (AvgIpc) is 2.85. The highest BCUT2D eigenvalue weighted by Crippen LogP contribution is 2.45. The van der Waals surface area contributed by atoms with Crippen molar-refractivity contribution in [1.29, 1.82) is 0 Å². The van der Waals surface area contributed by atoms with Gasteiger partial charge < -0.3 is 0 Å². The van der Waals surface area contributed by atoms with Gasteiger partial charge in [0.2, 0.25) is 0 Å². The fourth-order valence-corrected chi connectivity index (χ4v) is 4.83. The van der Waals surface area contributed by atoms with Crippen molar-refractivity contribution in [2.45, 2.75) is 32.6 Å². The maximum atomic E-state index is 2.41. The number of rotatable bonds is 0. The van der Waals surface area contributed by atoms with Crippen LogP contribution in [0.2, 0.25) is 0 Å². The van der Waals surface area contributed by atoms with Crippen LogP contribution in [0.3, 0.4) is 0 Å². The van der Waals surface area contributed by atoms with E-state index in [0.29, 0.717) is 5.92 Å². The summed E-state index contributed by atoms with van der Waals surface area (Å²) in [5, 5.41) is 0. The summed E-state index contributed by atoms with van der Waals surface area (Å²) in [6, 6.07) is 27.1. The van der Waals surface area contributed by atoms with Gasteiger partial charge in [0.25, 0.3) is 0 Å². The quantitative estimate of drug-likeness (QED) is 0.450. The standard InChI is InChI=1S/C26H24/c1-18-14-15-19-8-2-5-11-22(19)25(18)26-23-12-6-3-9-20(23)16-17-21-10-4-7-13-24(21)26/h2-13,18H,14-17H2,1H3/t18-/m0/s1. The van der Waals surface area contributed by atoms with Crippen LogP contribution in [0.1, 0.15) is 46.7 Å². The van der Waals surface area contributed by atoms with Gasteiger partial charge in [-0.25, -0.2) is 0 Å². The lowest BCUT2D eigenvalue weighted by Gasteiger charge is -2.29. The Hall–Kier alpha value is -2.60. The normalized spacial score (nSPS) is 18.6. The van der Waals surface area contributed by atoms with E-state index in [1.54, 1.807) is 5.57 Å². The third kappa shape index (κ3) is 2.44. The smallest absolute Gasteiger partial charge is 0.00650 e. The Morgan fingerprint density at radius 3 is 1.62 bits per heavy atom. The van der Waals surface area contributed by atoms with Crippen LogP contribution in [0.5, 0.6) is 0 Å². The van der Waals surface area contributed by atoms with E-state index in [0.717, 1.165) is 12.8 Å². The minimum absolute atomic E-state index is 0.583. The predicted molar refractivity (Wildman–Crippen MR) is 110 cm³/mol. The van der Waals surface area contributed by atoms with Gasteiger partial charge in [-0.05, 0) is 76.1 Å².